The number of aromatic nitrogens is 2. The normalized spacial score (nSPS) is 16.7. The van der Waals surface area contributed by atoms with Crippen molar-refractivity contribution in [3.05, 3.63) is 52.4 Å². The molecular weight excluding hydrogens is 400 g/mol. The molecule has 1 aliphatic heterocycles. The van der Waals surface area contributed by atoms with E-state index >= 15 is 0 Å². The molecule has 1 fully saturated rings. The number of imidazole rings is 1. The van der Waals surface area contributed by atoms with Crippen molar-refractivity contribution in [2.45, 2.75) is 25.4 Å². The number of hydrogen-bond acceptors (Lipinski definition) is 6. The van der Waals surface area contributed by atoms with Gasteiger partial charge < -0.3 is 15.2 Å². The van der Waals surface area contributed by atoms with Crippen LogP contribution in [0.4, 0.5) is 5.69 Å². The number of piperidine rings is 1. The average Bonchev–Trinajstić information content (AvgIpc) is 3.02. The van der Waals surface area contributed by atoms with Gasteiger partial charge in [-0.05, 0) is 30.7 Å². The number of likely N-dealkylation sites (tertiary alicyclic amines) is 1. The number of ether oxygens (including phenoxy) is 2. The van der Waals surface area contributed by atoms with Crippen LogP contribution < -0.4 is 20.9 Å². The predicted octanol–water partition coefficient (Wildman–Crippen LogP) is 1.83. The van der Waals surface area contributed by atoms with Crippen LogP contribution in [-0.2, 0) is 23.2 Å². The highest BCUT2D eigenvalue weighted by Gasteiger charge is 2.37. The van der Waals surface area contributed by atoms with Crippen LogP contribution in [0.1, 0.15) is 24.4 Å². The fourth-order valence-electron chi connectivity index (χ4n) is 4.15. The van der Waals surface area contributed by atoms with Crippen LogP contribution in [0.15, 0.2) is 41.2 Å². The van der Waals surface area contributed by atoms with Gasteiger partial charge in [-0.3, -0.25) is 23.6 Å². The van der Waals surface area contributed by atoms with Gasteiger partial charge in [0.05, 0.1) is 37.5 Å². The lowest BCUT2D eigenvalue weighted by Gasteiger charge is -2.31. The van der Waals surface area contributed by atoms with Gasteiger partial charge in [-0.25, -0.2) is 4.79 Å². The zero-order valence-electron chi connectivity index (χ0n) is 17.6. The molecule has 0 saturated carbocycles. The van der Waals surface area contributed by atoms with Gasteiger partial charge in [-0.2, -0.15) is 0 Å². The number of hydrogen-bond donors (Lipinski definition) is 1. The number of imide groups is 1. The number of amides is 2. The molecule has 162 valence electrons. The zero-order valence-corrected chi connectivity index (χ0v) is 17.6. The Balaban J connectivity index is 1.73. The van der Waals surface area contributed by atoms with Crippen molar-refractivity contribution < 1.29 is 19.1 Å². The van der Waals surface area contributed by atoms with Gasteiger partial charge in [-0.1, -0.05) is 6.07 Å². The summed E-state index contributed by atoms with van der Waals surface area (Å²) in [7, 11) is 4.68. The third kappa shape index (κ3) is 3.31. The Hall–Kier alpha value is -3.75. The van der Waals surface area contributed by atoms with Gasteiger partial charge >= 0.3 is 5.69 Å². The van der Waals surface area contributed by atoms with E-state index in [0.29, 0.717) is 33.8 Å². The number of nitrogens with two attached hydrogens (primary N) is 1. The standard InChI is InChI=1S/C22H24N4O5/c1-24-20-15(23)5-4-6-16(20)26(22(24)29)17-9-10-19(27)25(21(17)28)12-13-7-8-14(30-2)11-18(13)31-3/h4-8,11,17H,9-10,12,23H2,1-3H3. The first-order valence-electron chi connectivity index (χ1n) is 9.88. The van der Waals surface area contributed by atoms with Crippen LogP contribution in [0, 0.1) is 0 Å². The quantitative estimate of drug-likeness (QED) is 0.494. The number of para-hydroxylation sites is 1. The number of fused-ring (bicyclic) bond motifs is 1. The predicted molar refractivity (Wildman–Crippen MR) is 115 cm³/mol. The first-order valence-corrected chi connectivity index (χ1v) is 9.88. The molecule has 9 nitrogen and oxygen atoms in total. The van der Waals surface area contributed by atoms with E-state index in [0.717, 1.165) is 0 Å². The summed E-state index contributed by atoms with van der Waals surface area (Å²) < 4.78 is 13.5. The monoisotopic (exact) mass is 424 g/mol. The number of nitrogen functional groups attached to an aromatic ring is 1. The molecule has 1 saturated heterocycles. The Bertz CT molecular complexity index is 1240. The van der Waals surface area contributed by atoms with E-state index in [1.165, 1.54) is 21.1 Å². The summed E-state index contributed by atoms with van der Waals surface area (Å²) in [4.78, 5) is 40.2. The van der Waals surface area contributed by atoms with E-state index in [1.54, 1.807) is 50.6 Å². The highest BCUT2D eigenvalue weighted by molar-refractivity contribution is 6.00. The Kier molecular flexibility index (Phi) is 5.18. The first-order chi connectivity index (χ1) is 14.9. The second-order valence-corrected chi connectivity index (χ2v) is 7.48. The van der Waals surface area contributed by atoms with Crippen LogP contribution in [0.3, 0.4) is 0 Å². The van der Waals surface area contributed by atoms with E-state index < -0.39 is 11.9 Å². The minimum atomic E-state index is -0.792. The van der Waals surface area contributed by atoms with Crippen molar-refractivity contribution in [2.24, 2.45) is 7.05 Å². The maximum absolute atomic E-state index is 13.4. The number of nitrogens with zero attached hydrogens (tertiary/aromatic N) is 3. The van der Waals surface area contributed by atoms with Crippen LogP contribution in [0.25, 0.3) is 11.0 Å². The highest BCUT2D eigenvalue weighted by atomic mass is 16.5. The Morgan fingerprint density at radius 3 is 2.58 bits per heavy atom. The van der Waals surface area contributed by atoms with E-state index in [1.807, 2.05) is 0 Å². The van der Waals surface area contributed by atoms with Gasteiger partial charge in [-0.15, -0.1) is 0 Å². The summed E-state index contributed by atoms with van der Waals surface area (Å²) in [5, 5.41) is 0. The summed E-state index contributed by atoms with van der Waals surface area (Å²) in [6, 6.07) is 9.61. The van der Waals surface area contributed by atoms with Gasteiger partial charge in [0.1, 0.15) is 17.5 Å². The lowest BCUT2D eigenvalue weighted by atomic mass is 10.0. The SMILES string of the molecule is COc1ccc(CN2C(=O)CCC(n3c(=O)n(C)c4c(N)cccc43)C2=O)c(OC)c1. The molecule has 0 radical (unpaired) electrons. The molecule has 1 aromatic heterocycles. The molecule has 1 unspecified atom stereocenters. The van der Waals surface area contributed by atoms with Crippen LogP contribution >= 0.6 is 0 Å². The number of carbonyl (C=O) groups excluding carboxylic acids is 2. The van der Waals surface area contributed by atoms with Crippen molar-refractivity contribution >= 4 is 28.5 Å². The minimum Gasteiger partial charge on any atom is -0.497 e. The number of anilines is 1. The number of methoxy groups -OCH3 is 2. The molecule has 2 N–H and O–H groups in total. The topological polar surface area (TPSA) is 109 Å². The fraction of sp³-hybridized carbons (Fsp3) is 0.318. The van der Waals surface area contributed by atoms with E-state index in [4.69, 9.17) is 15.2 Å². The van der Waals surface area contributed by atoms with Gasteiger partial charge in [0.2, 0.25) is 5.91 Å². The maximum atomic E-state index is 13.4. The summed E-state index contributed by atoms with van der Waals surface area (Å²) in [6.07, 6.45) is 0.405. The molecule has 31 heavy (non-hydrogen) atoms. The van der Waals surface area contributed by atoms with Crippen LogP contribution in [-0.4, -0.2) is 40.1 Å². The minimum absolute atomic E-state index is 0.0446. The number of aryl methyl sites for hydroxylation is 1. The smallest absolute Gasteiger partial charge is 0.329 e. The summed E-state index contributed by atoms with van der Waals surface area (Å²) in [5.74, 6) is 0.407. The Morgan fingerprint density at radius 2 is 1.87 bits per heavy atom. The van der Waals surface area contributed by atoms with Gasteiger partial charge in [0.15, 0.2) is 0 Å². The summed E-state index contributed by atoms with van der Waals surface area (Å²) in [6.45, 7) is 0.0446. The molecule has 1 aliphatic rings. The molecule has 3 aromatic rings. The molecular formula is C22H24N4O5. The third-order valence-electron chi connectivity index (χ3n) is 5.75. The molecule has 0 spiro atoms. The molecule has 4 rings (SSSR count). The number of carbonyl (C=O) groups is 2. The molecule has 2 aromatic carbocycles. The average molecular weight is 424 g/mol. The molecule has 2 amide bonds. The van der Waals surface area contributed by atoms with Gasteiger partial charge in [0, 0.05) is 25.1 Å². The van der Waals surface area contributed by atoms with Crippen LogP contribution in [0.2, 0.25) is 0 Å². The third-order valence-corrected chi connectivity index (χ3v) is 5.75. The Morgan fingerprint density at radius 1 is 1.10 bits per heavy atom. The highest BCUT2D eigenvalue weighted by Crippen LogP contribution is 2.31. The van der Waals surface area contributed by atoms with Crippen LogP contribution in [0.5, 0.6) is 11.5 Å². The van der Waals surface area contributed by atoms with Gasteiger partial charge in [0.25, 0.3) is 5.91 Å². The lowest BCUT2D eigenvalue weighted by Crippen LogP contribution is -2.47. The fourth-order valence-corrected chi connectivity index (χ4v) is 4.15. The van der Waals surface area contributed by atoms with E-state index in [-0.39, 0.29) is 31.0 Å². The van der Waals surface area contributed by atoms with Crippen molar-refractivity contribution in [1.29, 1.82) is 0 Å². The Labute approximate surface area is 178 Å². The van der Waals surface area contributed by atoms with Crippen molar-refractivity contribution in [3.63, 3.8) is 0 Å². The number of rotatable bonds is 5. The zero-order chi connectivity index (χ0) is 22.3. The molecule has 2 heterocycles. The van der Waals surface area contributed by atoms with Crippen molar-refractivity contribution in [3.8, 4) is 11.5 Å². The molecule has 0 aliphatic carbocycles. The summed E-state index contributed by atoms with van der Waals surface area (Å²) in [5.41, 5.74) is 7.98. The van der Waals surface area contributed by atoms with E-state index in [2.05, 4.69) is 0 Å². The second-order valence-electron chi connectivity index (χ2n) is 7.48. The molecule has 0 bridgehead atoms. The largest absolute Gasteiger partial charge is 0.497 e. The van der Waals surface area contributed by atoms with Crippen molar-refractivity contribution in [2.75, 3.05) is 20.0 Å². The summed E-state index contributed by atoms with van der Waals surface area (Å²) >= 11 is 0. The van der Waals surface area contributed by atoms with E-state index in [9.17, 15) is 14.4 Å². The number of benzene rings is 2. The lowest BCUT2D eigenvalue weighted by molar-refractivity contribution is -0.151. The van der Waals surface area contributed by atoms with Crippen molar-refractivity contribution in [1.82, 2.24) is 14.0 Å². The molecule has 9 heteroatoms. The molecule has 1 atom stereocenters. The maximum Gasteiger partial charge on any atom is 0.329 e. The second kappa shape index (κ2) is 7.82. The first kappa shape index (κ1) is 20.5.